The molecule has 208 valence electrons. The number of anilines is 1. The summed E-state index contributed by atoms with van der Waals surface area (Å²) in [6, 6.07) is 7.20. The van der Waals surface area contributed by atoms with E-state index in [0.29, 0.717) is 35.4 Å². The highest BCUT2D eigenvalue weighted by Gasteiger charge is 2.38. The van der Waals surface area contributed by atoms with Gasteiger partial charge in [0.2, 0.25) is 18.6 Å². The van der Waals surface area contributed by atoms with Crippen LogP contribution in [0.1, 0.15) is 12.8 Å². The first-order chi connectivity index (χ1) is 18.0. The Balaban J connectivity index is 0.000000505. The number of fused-ring (bicyclic) bond motifs is 1. The Bertz CT molecular complexity index is 1060. The molecule has 4 N–H and O–H groups in total. The van der Waals surface area contributed by atoms with E-state index in [0.717, 1.165) is 25.9 Å². The van der Waals surface area contributed by atoms with Gasteiger partial charge in [0, 0.05) is 36.6 Å². The number of carboxylic acid groups (broad SMARTS) is 1. The third-order valence-electron chi connectivity index (χ3n) is 5.96. The molecule has 0 aliphatic carbocycles. The molecule has 0 radical (unpaired) electrons. The highest BCUT2D eigenvalue weighted by atomic mass is 32.2. The SMILES string of the molecule is N#C[C@@H]1CSCN1C(=O)CN(N)C1CCN(CC(=O)Nc2ccc3c(c2)OCO3)CC1.O=C(O)C(F)(F)F. The minimum Gasteiger partial charge on any atom is -0.475 e. The fraction of sp³-hybridized carbons (Fsp3) is 0.545. The molecule has 0 aromatic heterocycles. The van der Waals surface area contributed by atoms with Crippen LogP contribution in [0.3, 0.4) is 0 Å². The Labute approximate surface area is 220 Å². The smallest absolute Gasteiger partial charge is 0.475 e. The third kappa shape index (κ3) is 8.12. The van der Waals surface area contributed by atoms with Crippen LogP contribution in [0.15, 0.2) is 18.2 Å². The largest absolute Gasteiger partial charge is 0.490 e. The summed E-state index contributed by atoms with van der Waals surface area (Å²) in [5.41, 5.74) is 0.673. The van der Waals surface area contributed by atoms with Crippen LogP contribution in [-0.4, -0.2) is 101 Å². The number of nitrogens with zero attached hydrogens (tertiary/aromatic N) is 4. The van der Waals surface area contributed by atoms with E-state index in [1.54, 1.807) is 39.9 Å². The Morgan fingerprint density at radius 2 is 1.89 bits per heavy atom. The van der Waals surface area contributed by atoms with Gasteiger partial charge in [-0.2, -0.15) is 18.4 Å². The second-order valence-electron chi connectivity index (χ2n) is 8.61. The van der Waals surface area contributed by atoms with Gasteiger partial charge in [0.05, 0.1) is 25.0 Å². The number of benzene rings is 1. The number of nitriles is 1. The standard InChI is InChI=1S/C20H26N6O4S.C2HF3O2/c21-8-16-11-31-12-25(16)20(28)10-26(22)15-3-5-24(6-4-15)9-19(27)23-14-1-2-17-18(7-14)30-13-29-17;3-2(4,5)1(6)7/h1-2,7,15-16H,3-6,9-13,22H2,(H,23,27);(H,6,7)/t16-;/m1./s1. The number of nitrogens with one attached hydrogen (secondary N) is 1. The van der Waals surface area contributed by atoms with Gasteiger partial charge in [0.15, 0.2) is 11.5 Å². The average Bonchev–Trinajstić information content (AvgIpc) is 3.53. The lowest BCUT2D eigenvalue weighted by Gasteiger charge is -2.36. The third-order valence-corrected chi connectivity index (χ3v) is 6.97. The Kier molecular flexibility index (Phi) is 10.0. The number of hydrogen-bond donors (Lipinski definition) is 3. The summed E-state index contributed by atoms with van der Waals surface area (Å²) in [5.74, 6) is 5.72. The van der Waals surface area contributed by atoms with Crippen LogP contribution < -0.4 is 20.6 Å². The first-order valence-corrected chi connectivity index (χ1v) is 12.6. The van der Waals surface area contributed by atoms with Crippen molar-refractivity contribution in [2.45, 2.75) is 31.1 Å². The molecule has 1 aromatic carbocycles. The molecular weight excluding hydrogens is 533 g/mol. The molecule has 1 atom stereocenters. The van der Waals surface area contributed by atoms with Gasteiger partial charge in [0.1, 0.15) is 6.04 Å². The van der Waals surface area contributed by atoms with E-state index in [2.05, 4.69) is 16.3 Å². The number of aliphatic carboxylic acids is 1. The number of carbonyl (C=O) groups is 3. The van der Waals surface area contributed by atoms with Gasteiger partial charge < -0.3 is 24.8 Å². The lowest BCUT2D eigenvalue weighted by atomic mass is 10.0. The fourth-order valence-electron chi connectivity index (χ4n) is 3.96. The topological polar surface area (TPSA) is 161 Å². The number of rotatable bonds is 6. The summed E-state index contributed by atoms with van der Waals surface area (Å²) in [6.45, 7) is 2.04. The summed E-state index contributed by atoms with van der Waals surface area (Å²) < 4.78 is 42.3. The van der Waals surface area contributed by atoms with E-state index in [4.69, 9.17) is 30.5 Å². The molecule has 0 saturated carbocycles. The maximum atomic E-state index is 12.5. The maximum absolute atomic E-state index is 12.5. The summed E-state index contributed by atoms with van der Waals surface area (Å²) >= 11 is 1.58. The van der Waals surface area contributed by atoms with E-state index < -0.39 is 12.1 Å². The maximum Gasteiger partial charge on any atom is 0.490 e. The van der Waals surface area contributed by atoms with Gasteiger partial charge in [-0.05, 0) is 25.0 Å². The van der Waals surface area contributed by atoms with Gasteiger partial charge in [-0.15, -0.1) is 11.8 Å². The number of likely N-dealkylation sites (tertiary alicyclic amines) is 1. The second kappa shape index (κ2) is 13.0. The van der Waals surface area contributed by atoms with Gasteiger partial charge in [0.25, 0.3) is 0 Å². The highest BCUT2D eigenvalue weighted by Crippen LogP contribution is 2.34. The van der Waals surface area contributed by atoms with Crippen molar-refractivity contribution in [1.29, 1.82) is 5.26 Å². The number of thioether (sulfide) groups is 1. The van der Waals surface area contributed by atoms with Crippen LogP contribution in [-0.2, 0) is 14.4 Å². The van der Waals surface area contributed by atoms with Crippen LogP contribution in [0.25, 0.3) is 0 Å². The van der Waals surface area contributed by atoms with E-state index in [-0.39, 0.29) is 37.2 Å². The number of ether oxygens (including phenoxy) is 2. The minimum absolute atomic E-state index is 0.0768. The van der Waals surface area contributed by atoms with Crippen LogP contribution in [0, 0.1) is 11.3 Å². The molecule has 3 heterocycles. The number of alkyl halides is 3. The molecule has 0 unspecified atom stereocenters. The molecule has 0 bridgehead atoms. The van der Waals surface area contributed by atoms with E-state index in [1.807, 2.05) is 0 Å². The van der Waals surface area contributed by atoms with Crippen LogP contribution in [0.5, 0.6) is 11.5 Å². The van der Waals surface area contributed by atoms with E-state index >= 15 is 0 Å². The van der Waals surface area contributed by atoms with E-state index in [9.17, 15) is 22.8 Å². The molecule has 3 aliphatic rings. The number of hydrazine groups is 1. The summed E-state index contributed by atoms with van der Waals surface area (Å²) in [7, 11) is 0. The van der Waals surface area contributed by atoms with Crippen molar-refractivity contribution < 1.29 is 42.1 Å². The number of piperidine rings is 1. The summed E-state index contributed by atoms with van der Waals surface area (Å²) in [5, 5.41) is 20.8. The number of hydrogen-bond acceptors (Lipinski definition) is 10. The van der Waals surface area contributed by atoms with Gasteiger partial charge in [-0.3, -0.25) is 20.3 Å². The molecule has 16 heteroatoms. The number of nitrogens with two attached hydrogens (primary N) is 1. The number of halogens is 3. The van der Waals surface area contributed by atoms with E-state index in [1.165, 1.54) is 0 Å². The van der Waals surface area contributed by atoms with Crippen molar-refractivity contribution in [2.75, 3.05) is 49.9 Å². The Hall–Kier alpha value is -3.26. The summed E-state index contributed by atoms with van der Waals surface area (Å²) in [6.07, 6.45) is -3.53. The number of amides is 2. The van der Waals surface area contributed by atoms with Crippen molar-refractivity contribution in [2.24, 2.45) is 5.84 Å². The number of carbonyl (C=O) groups excluding carboxylic acids is 2. The molecule has 1 aromatic rings. The lowest BCUT2D eigenvalue weighted by molar-refractivity contribution is -0.192. The van der Waals surface area contributed by atoms with Gasteiger partial charge in [-0.25, -0.2) is 9.80 Å². The lowest BCUT2D eigenvalue weighted by Crippen LogP contribution is -2.53. The molecule has 3 aliphatic heterocycles. The molecule has 2 saturated heterocycles. The second-order valence-corrected chi connectivity index (χ2v) is 9.61. The van der Waals surface area contributed by atoms with Crippen molar-refractivity contribution in [3.8, 4) is 17.6 Å². The normalized spacial score (nSPS) is 19.5. The zero-order valence-electron chi connectivity index (χ0n) is 20.1. The molecule has 12 nitrogen and oxygen atoms in total. The zero-order valence-corrected chi connectivity index (χ0v) is 21.0. The van der Waals surface area contributed by atoms with Crippen molar-refractivity contribution in [3.63, 3.8) is 0 Å². The van der Waals surface area contributed by atoms with Crippen LogP contribution >= 0.6 is 11.8 Å². The predicted octanol–water partition coefficient (Wildman–Crippen LogP) is 1.05. The highest BCUT2D eigenvalue weighted by molar-refractivity contribution is 7.99. The fourth-order valence-corrected chi connectivity index (χ4v) is 5.06. The number of carboxylic acids is 1. The molecular formula is C22H27F3N6O6S. The molecule has 0 spiro atoms. The molecule has 2 fully saturated rings. The monoisotopic (exact) mass is 560 g/mol. The Morgan fingerprint density at radius 1 is 1.24 bits per heavy atom. The molecule has 38 heavy (non-hydrogen) atoms. The minimum atomic E-state index is -5.08. The first-order valence-electron chi connectivity index (χ1n) is 11.5. The molecule has 4 rings (SSSR count). The van der Waals surface area contributed by atoms with Crippen molar-refractivity contribution in [1.82, 2.24) is 14.8 Å². The van der Waals surface area contributed by atoms with Gasteiger partial charge >= 0.3 is 12.1 Å². The zero-order chi connectivity index (χ0) is 27.9. The quantitative estimate of drug-likeness (QED) is 0.337. The van der Waals surface area contributed by atoms with Gasteiger partial charge in [-0.1, -0.05) is 0 Å². The first kappa shape index (κ1) is 29.3. The van der Waals surface area contributed by atoms with Crippen molar-refractivity contribution >= 4 is 35.2 Å². The molecule has 2 amide bonds. The van der Waals surface area contributed by atoms with Crippen LogP contribution in [0.4, 0.5) is 18.9 Å². The summed E-state index contributed by atoms with van der Waals surface area (Å²) in [4.78, 5) is 37.5. The average molecular weight is 561 g/mol. The predicted molar refractivity (Wildman–Crippen MR) is 129 cm³/mol. The Morgan fingerprint density at radius 3 is 2.53 bits per heavy atom. The van der Waals surface area contributed by atoms with Crippen molar-refractivity contribution in [3.05, 3.63) is 18.2 Å². The van der Waals surface area contributed by atoms with Crippen LogP contribution in [0.2, 0.25) is 0 Å².